The number of likely N-dealkylation sites (N-methyl/N-ethyl adjacent to an activating group) is 1. The standard InChI is InChI=1S/C13H16N4O/c1-15-7-11-8-17(9-13(18)16-11)12-4-2-10(6-14)3-5-12/h2-5,11,15H,7-9H2,1H3,(H,16,18). The molecule has 0 radical (unpaired) electrons. The smallest absolute Gasteiger partial charge is 0.239 e. The summed E-state index contributed by atoms with van der Waals surface area (Å²) in [5.74, 6) is 0.0332. The van der Waals surface area contributed by atoms with Gasteiger partial charge >= 0.3 is 0 Å². The summed E-state index contributed by atoms with van der Waals surface area (Å²) in [5.41, 5.74) is 1.61. The Balaban J connectivity index is 2.11. The molecule has 2 rings (SSSR count). The van der Waals surface area contributed by atoms with E-state index in [1.807, 2.05) is 24.1 Å². The highest BCUT2D eigenvalue weighted by atomic mass is 16.2. The van der Waals surface area contributed by atoms with Crippen LogP contribution in [-0.2, 0) is 4.79 Å². The van der Waals surface area contributed by atoms with Gasteiger partial charge in [-0.05, 0) is 31.3 Å². The number of benzene rings is 1. The number of amides is 1. The second-order valence-corrected chi connectivity index (χ2v) is 4.36. The number of nitriles is 1. The van der Waals surface area contributed by atoms with Gasteiger partial charge in [-0.1, -0.05) is 0 Å². The Labute approximate surface area is 106 Å². The van der Waals surface area contributed by atoms with E-state index in [2.05, 4.69) is 16.7 Å². The maximum absolute atomic E-state index is 11.6. The van der Waals surface area contributed by atoms with Crippen LogP contribution in [0.15, 0.2) is 24.3 Å². The summed E-state index contributed by atoms with van der Waals surface area (Å²) < 4.78 is 0. The van der Waals surface area contributed by atoms with Crippen LogP contribution < -0.4 is 15.5 Å². The van der Waals surface area contributed by atoms with Crippen molar-refractivity contribution in [2.24, 2.45) is 0 Å². The molecule has 1 amide bonds. The number of carbonyl (C=O) groups excluding carboxylic acids is 1. The molecule has 18 heavy (non-hydrogen) atoms. The number of carbonyl (C=O) groups is 1. The molecule has 0 spiro atoms. The molecule has 1 atom stereocenters. The minimum absolute atomic E-state index is 0.0332. The molecule has 1 fully saturated rings. The largest absolute Gasteiger partial charge is 0.360 e. The van der Waals surface area contributed by atoms with Crippen LogP contribution in [0.25, 0.3) is 0 Å². The zero-order chi connectivity index (χ0) is 13.0. The highest BCUT2D eigenvalue weighted by molar-refractivity contribution is 5.83. The molecule has 5 heteroatoms. The fraction of sp³-hybridized carbons (Fsp3) is 0.385. The van der Waals surface area contributed by atoms with Gasteiger partial charge < -0.3 is 15.5 Å². The van der Waals surface area contributed by atoms with Crippen molar-refractivity contribution in [3.05, 3.63) is 29.8 Å². The Bertz CT molecular complexity index is 463. The molecule has 1 aromatic rings. The average Bonchev–Trinajstić information content (AvgIpc) is 2.38. The average molecular weight is 244 g/mol. The van der Waals surface area contributed by atoms with Crippen LogP contribution in [0.1, 0.15) is 5.56 Å². The summed E-state index contributed by atoms with van der Waals surface area (Å²) in [6.45, 7) is 1.89. The molecule has 0 bridgehead atoms. The lowest BCUT2D eigenvalue weighted by Crippen LogP contribution is -2.57. The van der Waals surface area contributed by atoms with Gasteiger partial charge in [0.25, 0.3) is 0 Å². The Morgan fingerprint density at radius 1 is 1.50 bits per heavy atom. The summed E-state index contributed by atoms with van der Waals surface area (Å²) in [7, 11) is 1.87. The van der Waals surface area contributed by atoms with Crippen LogP contribution in [0, 0.1) is 11.3 Å². The summed E-state index contributed by atoms with van der Waals surface area (Å²) in [4.78, 5) is 13.7. The summed E-state index contributed by atoms with van der Waals surface area (Å²) in [5, 5.41) is 14.8. The number of nitrogens with one attached hydrogen (secondary N) is 2. The molecule has 0 aliphatic carbocycles. The summed E-state index contributed by atoms with van der Waals surface area (Å²) in [6.07, 6.45) is 0. The molecule has 5 nitrogen and oxygen atoms in total. The zero-order valence-corrected chi connectivity index (χ0v) is 10.3. The first-order valence-corrected chi connectivity index (χ1v) is 5.92. The lowest BCUT2D eigenvalue weighted by Gasteiger charge is -2.34. The maximum Gasteiger partial charge on any atom is 0.239 e. The highest BCUT2D eigenvalue weighted by Gasteiger charge is 2.23. The highest BCUT2D eigenvalue weighted by Crippen LogP contribution is 2.16. The van der Waals surface area contributed by atoms with Gasteiger partial charge in [0.05, 0.1) is 24.2 Å². The molecule has 1 aliphatic rings. The normalized spacial score (nSPS) is 19.2. The third-order valence-corrected chi connectivity index (χ3v) is 2.95. The van der Waals surface area contributed by atoms with E-state index in [0.29, 0.717) is 12.1 Å². The quantitative estimate of drug-likeness (QED) is 0.790. The van der Waals surface area contributed by atoms with Gasteiger partial charge in [-0.25, -0.2) is 0 Å². The van der Waals surface area contributed by atoms with Gasteiger partial charge in [0.15, 0.2) is 0 Å². The summed E-state index contributed by atoms with van der Waals surface area (Å²) in [6, 6.07) is 9.52. The van der Waals surface area contributed by atoms with Crippen molar-refractivity contribution in [2.45, 2.75) is 6.04 Å². The molecule has 2 N–H and O–H groups in total. The number of hydrogen-bond acceptors (Lipinski definition) is 4. The second kappa shape index (κ2) is 5.52. The van der Waals surface area contributed by atoms with Crippen molar-refractivity contribution in [1.82, 2.24) is 10.6 Å². The molecule has 94 valence electrons. The predicted molar refractivity (Wildman–Crippen MR) is 69.2 cm³/mol. The van der Waals surface area contributed by atoms with Crippen LogP contribution in [0.4, 0.5) is 5.69 Å². The zero-order valence-electron chi connectivity index (χ0n) is 10.3. The van der Waals surface area contributed by atoms with E-state index in [9.17, 15) is 4.79 Å². The van der Waals surface area contributed by atoms with Crippen molar-refractivity contribution in [3.8, 4) is 6.07 Å². The lowest BCUT2D eigenvalue weighted by molar-refractivity contribution is -0.121. The predicted octanol–water partition coefficient (Wildman–Crippen LogP) is 0.0825. The minimum Gasteiger partial charge on any atom is -0.360 e. The number of nitrogens with zero attached hydrogens (tertiary/aromatic N) is 2. The number of rotatable bonds is 3. The number of hydrogen-bond donors (Lipinski definition) is 2. The van der Waals surface area contributed by atoms with Crippen molar-refractivity contribution in [3.63, 3.8) is 0 Å². The molecule has 1 aliphatic heterocycles. The van der Waals surface area contributed by atoms with E-state index in [1.54, 1.807) is 12.1 Å². The Hall–Kier alpha value is -2.06. The molecule has 0 aromatic heterocycles. The van der Waals surface area contributed by atoms with E-state index in [-0.39, 0.29) is 11.9 Å². The van der Waals surface area contributed by atoms with Gasteiger partial charge in [0.2, 0.25) is 5.91 Å². The van der Waals surface area contributed by atoms with Gasteiger partial charge in [-0.2, -0.15) is 5.26 Å². The molecular formula is C13H16N4O. The van der Waals surface area contributed by atoms with E-state index >= 15 is 0 Å². The van der Waals surface area contributed by atoms with E-state index < -0.39 is 0 Å². The summed E-state index contributed by atoms with van der Waals surface area (Å²) >= 11 is 0. The van der Waals surface area contributed by atoms with Crippen molar-refractivity contribution < 1.29 is 4.79 Å². The Morgan fingerprint density at radius 3 is 2.83 bits per heavy atom. The van der Waals surface area contributed by atoms with Crippen LogP contribution in [0.5, 0.6) is 0 Å². The molecule has 1 unspecified atom stereocenters. The molecule has 1 heterocycles. The van der Waals surface area contributed by atoms with Crippen molar-refractivity contribution in [1.29, 1.82) is 5.26 Å². The Morgan fingerprint density at radius 2 is 2.22 bits per heavy atom. The third-order valence-electron chi connectivity index (χ3n) is 2.95. The van der Waals surface area contributed by atoms with Crippen molar-refractivity contribution in [2.75, 3.05) is 31.6 Å². The number of piperazine rings is 1. The van der Waals surface area contributed by atoms with Crippen LogP contribution >= 0.6 is 0 Å². The maximum atomic E-state index is 11.6. The van der Waals surface area contributed by atoms with E-state index in [0.717, 1.165) is 18.8 Å². The van der Waals surface area contributed by atoms with Gasteiger partial charge in [-0.3, -0.25) is 4.79 Å². The first-order valence-electron chi connectivity index (χ1n) is 5.92. The first kappa shape index (κ1) is 12.4. The van der Waals surface area contributed by atoms with Gasteiger partial charge in [0, 0.05) is 18.8 Å². The van der Waals surface area contributed by atoms with Gasteiger partial charge in [0.1, 0.15) is 0 Å². The lowest BCUT2D eigenvalue weighted by atomic mass is 10.1. The molecule has 1 aromatic carbocycles. The topological polar surface area (TPSA) is 68.2 Å². The Kier molecular flexibility index (Phi) is 3.80. The fourth-order valence-corrected chi connectivity index (χ4v) is 2.13. The van der Waals surface area contributed by atoms with Crippen molar-refractivity contribution >= 4 is 11.6 Å². The van der Waals surface area contributed by atoms with Crippen LogP contribution in [0.3, 0.4) is 0 Å². The third kappa shape index (κ3) is 2.79. The molecule has 1 saturated heterocycles. The van der Waals surface area contributed by atoms with Crippen LogP contribution in [0.2, 0.25) is 0 Å². The molecular weight excluding hydrogens is 228 g/mol. The van der Waals surface area contributed by atoms with E-state index in [4.69, 9.17) is 5.26 Å². The fourth-order valence-electron chi connectivity index (χ4n) is 2.13. The number of anilines is 1. The van der Waals surface area contributed by atoms with Gasteiger partial charge in [-0.15, -0.1) is 0 Å². The first-order chi connectivity index (χ1) is 8.72. The molecule has 0 saturated carbocycles. The van der Waals surface area contributed by atoms with Crippen LogP contribution in [-0.4, -0.2) is 38.6 Å². The monoisotopic (exact) mass is 244 g/mol. The van der Waals surface area contributed by atoms with E-state index in [1.165, 1.54) is 0 Å². The second-order valence-electron chi connectivity index (χ2n) is 4.36. The SMILES string of the molecule is CNCC1CN(c2ccc(C#N)cc2)CC(=O)N1. The minimum atomic E-state index is 0.0332.